The normalized spacial score (nSPS) is 11.2. The molecule has 32 heavy (non-hydrogen) atoms. The number of aryl methyl sites for hydroxylation is 1. The van der Waals surface area contributed by atoms with Crippen LogP contribution in [-0.4, -0.2) is 16.2 Å². The van der Waals surface area contributed by atoms with Gasteiger partial charge in [-0.2, -0.15) is 0 Å². The third kappa shape index (κ3) is 14.5. The second-order valence-corrected chi connectivity index (χ2v) is 9.59. The Morgan fingerprint density at radius 3 is 1.38 bits per heavy atom. The average molecular weight is 447 g/mol. The van der Waals surface area contributed by atoms with Gasteiger partial charge in [-0.1, -0.05) is 141 Å². The molecule has 0 saturated heterocycles. The third-order valence-electron chi connectivity index (χ3n) is 6.65. The van der Waals surface area contributed by atoms with Crippen LogP contribution in [0.3, 0.4) is 0 Å². The Morgan fingerprint density at radius 2 is 1.00 bits per heavy atom. The number of carboxylic acid groups (broad SMARTS) is 1. The van der Waals surface area contributed by atoms with Crippen molar-refractivity contribution in [1.82, 2.24) is 0 Å². The predicted molar refractivity (Wildman–Crippen MR) is 137 cm³/mol. The molecule has 0 aliphatic carbocycles. The molecule has 0 atom stereocenters. The van der Waals surface area contributed by atoms with Crippen molar-refractivity contribution in [2.24, 2.45) is 0 Å². The minimum absolute atomic E-state index is 0.00988. The molecule has 0 saturated carbocycles. The van der Waals surface area contributed by atoms with E-state index in [1.165, 1.54) is 122 Å². The summed E-state index contributed by atoms with van der Waals surface area (Å²) in [6.45, 7) is 2.28. The summed E-state index contributed by atoms with van der Waals surface area (Å²) in [5.74, 6) is -1.12. The van der Waals surface area contributed by atoms with Gasteiger partial charge >= 0.3 is 5.97 Å². The number of phenols is 1. The molecule has 0 aliphatic rings. The summed E-state index contributed by atoms with van der Waals surface area (Å²) in [4.78, 5) is 11.1. The summed E-state index contributed by atoms with van der Waals surface area (Å²) in [5.41, 5.74) is 0.767. The molecule has 0 heterocycles. The van der Waals surface area contributed by atoms with Crippen LogP contribution in [0.15, 0.2) is 18.2 Å². The summed E-state index contributed by atoms with van der Waals surface area (Å²) < 4.78 is 0. The van der Waals surface area contributed by atoms with Crippen LogP contribution in [0.5, 0.6) is 5.75 Å². The molecule has 0 amide bonds. The standard InChI is InChI=1S/C29H50O3/c1-2-3-4-5-6-7-8-9-10-11-12-13-14-15-16-17-18-19-20-21-23-26-24-22-25-27(28(26)30)29(31)32/h22,24-25,30H,2-21,23H2,1H3,(H,31,32). The number of benzene rings is 1. The summed E-state index contributed by atoms with van der Waals surface area (Å²) in [6, 6.07) is 5.00. The fourth-order valence-electron chi connectivity index (χ4n) is 4.54. The number of carbonyl (C=O) groups is 1. The van der Waals surface area contributed by atoms with Crippen LogP contribution in [-0.2, 0) is 6.42 Å². The summed E-state index contributed by atoms with van der Waals surface area (Å²) in [6.07, 6.45) is 28.1. The van der Waals surface area contributed by atoms with Crippen molar-refractivity contribution < 1.29 is 15.0 Å². The van der Waals surface area contributed by atoms with Gasteiger partial charge in [-0.05, 0) is 24.5 Å². The number of carboxylic acids is 1. The number of unbranched alkanes of at least 4 members (excludes halogenated alkanes) is 19. The molecule has 0 bridgehead atoms. The zero-order chi connectivity index (χ0) is 23.3. The lowest BCUT2D eigenvalue weighted by Crippen LogP contribution is -1.99. The number of aromatic carboxylic acids is 1. The lowest BCUT2D eigenvalue weighted by Gasteiger charge is -2.07. The van der Waals surface area contributed by atoms with Crippen molar-refractivity contribution in [3.8, 4) is 5.75 Å². The molecule has 0 radical (unpaired) electrons. The van der Waals surface area contributed by atoms with E-state index < -0.39 is 5.97 Å². The van der Waals surface area contributed by atoms with Crippen molar-refractivity contribution in [3.63, 3.8) is 0 Å². The lowest BCUT2D eigenvalue weighted by atomic mass is 10.0. The molecule has 0 fully saturated rings. The van der Waals surface area contributed by atoms with Gasteiger partial charge in [0, 0.05) is 0 Å². The molecule has 1 aromatic rings. The molecule has 184 valence electrons. The van der Waals surface area contributed by atoms with Gasteiger partial charge in [0.15, 0.2) is 0 Å². The molecule has 3 heteroatoms. The highest BCUT2D eigenvalue weighted by Crippen LogP contribution is 2.24. The van der Waals surface area contributed by atoms with E-state index >= 15 is 0 Å². The van der Waals surface area contributed by atoms with E-state index in [0.29, 0.717) is 0 Å². The maximum atomic E-state index is 11.1. The second kappa shape index (κ2) is 20.1. The molecular formula is C29H50O3. The van der Waals surface area contributed by atoms with Crippen LogP contribution in [0, 0.1) is 0 Å². The van der Waals surface area contributed by atoms with Gasteiger partial charge in [0.05, 0.1) is 0 Å². The zero-order valence-corrected chi connectivity index (χ0v) is 20.9. The number of rotatable bonds is 22. The van der Waals surface area contributed by atoms with E-state index in [2.05, 4.69) is 6.92 Å². The van der Waals surface area contributed by atoms with E-state index in [1.54, 1.807) is 6.07 Å². The largest absolute Gasteiger partial charge is 0.507 e. The van der Waals surface area contributed by atoms with Crippen molar-refractivity contribution in [1.29, 1.82) is 0 Å². The van der Waals surface area contributed by atoms with Crippen molar-refractivity contribution >= 4 is 5.97 Å². The van der Waals surface area contributed by atoms with Crippen LogP contribution in [0.4, 0.5) is 0 Å². The Hall–Kier alpha value is -1.51. The van der Waals surface area contributed by atoms with Gasteiger partial charge in [0.25, 0.3) is 0 Å². The first-order valence-corrected chi connectivity index (χ1v) is 13.7. The fraction of sp³-hybridized carbons (Fsp3) is 0.759. The Kier molecular flexibility index (Phi) is 17.9. The maximum Gasteiger partial charge on any atom is 0.339 e. The minimum atomic E-state index is -1.06. The Morgan fingerprint density at radius 1 is 0.625 bits per heavy atom. The zero-order valence-electron chi connectivity index (χ0n) is 20.9. The first kappa shape index (κ1) is 28.5. The first-order valence-electron chi connectivity index (χ1n) is 13.7. The summed E-state index contributed by atoms with van der Waals surface area (Å²) >= 11 is 0. The smallest absolute Gasteiger partial charge is 0.339 e. The first-order chi connectivity index (χ1) is 15.7. The molecular weight excluding hydrogens is 396 g/mol. The number of hydrogen-bond acceptors (Lipinski definition) is 2. The predicted octanol–water partition coefficient (Wildman–Crippen LogP) is 9.45. The van der Waals surface area contributed by atoms with Gasteiger partial charge in [-0.25, -0.2) is 4.79 Å². The molecule has 0 unspecified atom stereocenters. The second-order valence-electron chi connectivity index (χ2n) is 9.59. The summed E-state index contributed by atoms with van der Waals surface area (Å²) in [5, 5.41) is 19.1. The highest BCUT2D eigenvalue weighted by Gasteiger charge is 2.12. The highest BCUT2D eigenvalue weighted by atomic mass is 16.4. The molecule has 0 aliphatic heterocycles. The SMILES string of the molecule is CCCCCCCCCCCCCCCCCCCCCCc1cccc(C(=O)O)c1O. The van der Waals surface area contributed by atoms with Crippen molar-refractivity contribution in [3.05, 3.63) is 29.3 Å². The number of hydrogen-bond donors (Lipinski definition) is 2. The van der Waals surface area contributed by atoms with E-state index in [1.807, 2.05) is 6.07 Å². The molecule has 3 nitrogen and oxygen atoms in total. The topological polar surface area (TPSA) is 57.5 Å². The van der Waals surface area contributed by atoms with Gasteiger partial charge < -0.3 is 10.2 Å². The fourth-order valence-corrected chi connectivity index (χ4v) is 4.54. The van der Waals surface area contributed by atoms with Crippen molar-refractivity contribution in [2.75, 3.05) is 0 Å². The number of aromatic hydroxyl groups is 1. The van der Waals surface area contributed by atoms with Gasteiger partial charge in [-0.15, -0.1) is 0 Å². The van der Waals surface area contributed by atoms with Gasteiger partial charge in [0.2, 0.25) is 0 Å². The van der Waals surface area contributed by atoms with Crippen LogP contribution < -0.4 is 0 Å². The maximum absolute atomic E-state index is 11.1. The molecule has 0 aromatic heterocycles. The van der Waals surface area contributed by atoms with Crippen LogP contribution >= 0.6 is 0 Å². The highest BCUT2D eigenvalue weighted by molar-refractivity contribution is 5.91. The van der Waals surface area contributed by atoms with Crippen molar-refractivity contribution in [2.45, 2.75) is 142 Å². The minimum Gasteiger partial charge on any atom is -0.507 e. The van der Waals surface area contributed by atoms with Gasteiger partial charge in [0.1, 0.15) is 11.3 Å². The molecule has 2 N–H and O–H groups in total. The Balaban J connectivity index is 1.82. The monoisotopic (exact) mass is 446 g/mol. The third-order valence-corrected chi connectivity index (χ3v) is 6.65. The van der Waals surface area contributed by atoms with Crippen LogP contribution in [0.2, 0.25) is 0 Å². The lowest BCUT2D eigenvalue weighted by molar-refractivity contribution is 0.0693. The molecule has 0 spiro atoms. The summed E-state index contributed by atoms with van der Waals surface area (Å²) in [7, 11) is 0. The Bertz CT molecular complexity index is 582. The number of para-hydroxylation sites is 1. The quantitative estimate of drug-likeness (QED) is 0.174. The Labute approximate surface area is 198 Å². The van der Waals surface area contributed by atoms with E-state index in [9.17, 15) is 9.90 Å². The van der Waals surface area contributed by atoms with E-state index in [0.717, 1.165) is 24.8 Å². The molecule has 1 aromatic carbocycles. The van der Waals surface area contributed by atoms with Gasteiger partial charge in [-0.3, -0.25) is 0 Å². The van der Waals surface area contributed by atoms with Crippen LogP contribution in [0.25, 0.3) is 0 Å². The van der Waals surface area contributed by atoms with Crippen LogP contribution in [0.1, 0.15) is 151 Å². The van der Waals surface area contributed by atoms with E-state index in [-0.39, 0.29) is 11.3 Å². The average Bonchev–Trinajstić information content (AvgIpc) is 2.78. The molecule has 1 rings (SSSR count). The van der Waals surface area contributed by atoms with E-state index in [4.69, 9.17) is 5.11 Å².